The van der Waals surface area contributed by atoms with Gasteiger partial charge in [-0.25, -0.2) is 0 Å². The summed E-state index contributed by atoms with van der Waals surface area (Å²) in [5.41, 5.74) is 1.41. The minimum absolute atomic E-state index is 0.461. The summed E-state index contributed by atoms with van der Waals surface area (Å²) < 4.78 is 5.56. The third-order valence-electron chi connectivity index (χ3n) is 3.16. The molecule has 84 valence electrons. The molecule has 0 radical (unpaired) electrons. The molecule has 1 aliphatic heterocycles. The molecule has 15 heavy (non-hydrogen) atoms. The highest BCUT2D eigenvalue weighted by molar-refractivity contribution is 5.23. The van der Waals surface area contributed by atoms with Crippen molar-refractivity contribution in [1.82, 2.24) is 5.32 Å². The first-order valence-electron chi connectivity index (χ1n) is 6.07. The van der Waals surface area contributed by atoms with Crippen LogP contribution in [-0.4, -0.2) is 6.54 Å². The van der Waals surface area contributed by atoms with Gasteiger partial charge in [0.1, 0.15) is 5.76 Å². The Labute approximate surface area is 92.1 Å². The standard InChI is InChI=1S/C13H21NO/c1-10(2)4-3-5-12-13-11(6-8-14-12)7-9-15-13/h7,9-10,12,14H,3-6,8H2,1-2H3. The molecule has 2 heteroatoms. The van der Waals surface area contributed by atoms with Crippen molar-refractivity contribution in [2.75, 3.05) is 6.54 Å². The molecule has 2 heterocycles. The molecule has 0 aromatic carbocycles. The van der Waals surface area contributed by atoms with E-state index >= 15 is 0 Å². The lowest BCUT2D eigenvalue weighted by Gasteiger charge is -2.22. The van der Waals surface area contributed by atoms with E-state index in [0.717, 1.165) is 18.9 Å². The van der Waals surface area contributed by atoms with Gasteiger partial charge in [-0.1, -0.05) is 26.7 Å². The van der Waals surface area contributed by atoms with Gasteiger partial charge in [-0.05, 0) is 36.9 Å². The second kappa shape index (κ2) is 4.84. The highest BCUT2D eigenvalue weighted by Crippen LogP contribution is 2.28. The fraction of sp³-hybridized carbons (Fsp3) is 0.692. The Hall–Kier alpha value is -0.760. The monoisotopic (exact) mass is 207 g/mol. The largest absolute Gasteiger partial charge is 0.467 e. The van der Waals surface area contributed by atoms with Gasteiger partial charge in [-0.2, -0.15) is 0 Å². The molecular weight excluding hydrogens is 186 g/mol. The maximum atomic E-state index is 5.56. The average molecular weight is 207 g/mol. The van der Waals surface area contributed by atoms with Gasteiger partial charge < -0.3 is 9.73 Å². The molecule has 1 aromatic rings. The molecular formula is C13H21NO. The van der Waals surface area contributed by atoms with E-state index in [1.807, 2.05) is 6.26 Å². The van der Waals surface area contributed by atoms with Crippen LogP contribution in [0.25, 0.3) is 0 Å². The van der Waals surface area contributed by atoms with Crippen molar-refractivity contribution >= 4 is 0 Å². The predicted molar refractivity (Wildman–Crippen MR) is 61.8 cm³/mol. The van der Waals surface area contributed by atoms with Crippen LogP contribution in [-0.2, 0) is 6.42 Å². The molecule has 0 bridgehead atoms. The van der Waals surface area contributed by atoms with Crippen LogP contribution >= 0.6 is 0 Å². The van der Waals surface area contributed by atoms with Crippen LogP contribution in [0.5, 0.6) is 0 Å². The second-order valence-corrected chi connectivity index (χ2v) is 4.89. The zero-order valence-corrected chi connectivity index (χ0v) is 9.75. The van der Waals surface area contributed by atoms with E-state index in [0.29, 0.717) is 6.04 Å². The number of furan rings is 1. The number of hydrogen-bond acceptors (Lipinski definition) is 2. The quantitative estimate of drug-likeness (QED) is 0.819. The van der Waals surface area contributed by atoms with Gasteiger partial charge in [0.15, 0.2) is 0 Å². The maximum Gasteiger partial charge on any atom is 0.123 e. The summed E-state index contributed by atoms with van der Waals surface area (Å²) in [6.07, 6.45) is 6.75. The smallest absolute Gasteiger partial charge is 0.123 e. The van der Waals surface area contributed by atoms with Crippen molar-refractivity contribution in [3.63, 3.8) is 0 Å². The van der Waals surface area contributed by atoms with Crippen LogP contribution < -0.4 is 5.32 Å². The molecule has 0 saturated carbocycles. The van der Waals surface area contributed by atoms with Crippen molar-refractivity contribution < 1.29 is 4.42 Å². The lowest BCUT2D eigenvalue weighted by molar-refractivity contribution is 0.359. The van der Waals surface area contributed by atoms with Crippen molar-refractivity contribution in [1.29, 1.82) is 0 Å². The van der Waals surface area contributed by atoms with Gasteiger partial charge >= 0.3 is 0 Å². The Morgan fingerprint density at radius 1 is 1.53 bits per heavy atom. The fourth-order valence-electron chi connectivity index (χ4n) is 2.30. The third kappa shape index (κ3) is 2.63. The van der Waals surface area contributed by atoms with Crippen molar-refractivity contribution in [2.45, 2.75) is 45.6 Å². The van der Waals surface area contributed by atoms with Crippen molar-refractivity contribution in [3.8, 4) is 0 Å². The second-order valence-electron chi connectivity index (χ2n) is 4.89. The minimum atomic E-state index is 0.461. The molecule has 0 saturated heterocycles. The summed E-state index contributed by atoms with van der Waals surface area (Å²) in [5, 5.41) is 3.54. The molecule has 0 spiro atoms. The minimum Gasteiger partial charge on any atom is -0.467 e. The number of hydrogen-bond donors (Lipinski definition) is 1. The molecule has 1 aliphatic rings. The topological polar surface area (TPSA) is 25.2 Å². The Balaban J connectivity index is 1.89. The maximum absolute atomic E-state index is 5.56. The van der Waals surface area contributed by atoms with Crippen LogP contribution in [0.3, 0.4) is 0 Å². The highest BCUT2D eigenvalue weighted by atomic mass is 16.3. The van der Waals surface area contributed by atoms with Gasteiger partial charge in [-0.3, -0.25) is 0 Å². The van der Waals surface area contributed by atoms with Crippen LogP contribution in [0.2, 0.25) is 0 Å². The summed E-state index contributed by atoms with van der Waals surface area (Å²) in [4.78, 5) is 0. The van der Waals surface area contributed by atoms with Gasteiger partial charge in [0, 0.05) is 0 Å². The normalized spacial score (nSPS) is 20.6. The lowest BCUT2D eigenvalue weighted by Crippen LogP contribution is -2.28. The Kier molecular flexibility index (Phi) is 3.47. The lowest BCUT2D eigenvalue weighted by atomic mass is 9.96. The zero-order valence-electron chi connectivity index (χ0n) is 9.75. The van der Waals surface area contributed by atoms with E-state index in [4.69, 9.17) is 4.42 Å². The molecule has 2 rings (SSSR count). The summed E-state index contributed by atoms with van der Waals surface area (Å²) in [7, 11) is 0. The van der Waals surface area contributed by atoms with Gasteiger partial charge in [0.25, 0.3) is 0 Å². The van der Waals surface area contributed by atoms with E-state index < -0.39 is 0 Å². The molecule has 1 aromatic heterocycles. The van der Waals surface area contributed by atoms with E-state index in [1.54, 1.807) is 0 Å². The molecule has 2 nitrogen and oxygen atoms in total. The fourth-order valence-corrected chi connectivity index (χ4v) is 2.30. The molecule has 0 aliphatic carbocycles. The number of nitrogens with one attached hydrogen (secondary N) is 1. The van der Waals surface area contributed by atoms with Crippen LogP contribution in [0.1, 0.15) is 50.5 Å². The van der Waals surface area contributed by atoms with Crippen molar-refractivity contribution in [3.05, 3.63) is 23.7 Å². The van der Waals surface area contributed by atoms with Gasteiger partial charge in [0.2, 0.25) is 0 Å². The molecule has 0 fully saturated rings. The highest BCUT2D eigenvalue weighted by Gasteiger charge is 2.21. The Morgan fingerprint density at radius 3 is 3.20 bits per heavy atom. The first-order chi connectivity index (χ1) is 7.27. The van der Waals surface area contributed by atoms with Crippen LogP contribution in [0, 0.1) is 5.92 Å². The summed E-state index contributed by atoms with van der Waals surface area (Å²) in [5.74, 6) is 2.00. The first-order valence-corrected chi connectivity index (χ1v) is 6.07. The molecule has 0 amide bonds. The Bertz CT molecular complexity index is 303. The van der Waals surface area contributed by atoms with Crippen molar-refractivity contribution in [2.24, 2.45) is 5.92 Å². The number of fused-ring (bicyclic) bond motifs is 1. The van der Waals surface area contributed by atoms with Gasteiger partial charge in [0.05, 0.1) is 12.3 Å². The number of rotatable bonds is 4. The molecule has 1 unspecified atom stereocenters. The Morgan fingerprint density at radius 2 is 2.40 bits per heavy atom. The molecule has 1 atom stereocenters. The summed E-state index contributed by atoms with van der Waals surface area (Å²) in [6.45, 7) is 5.66. The van der Waals surface area contributed by atoms with E-state index in [1.165, 1.54) is 30.6 Å². The summed E-state index contributed by atoms with van der Waals surface area (Å²) >= 11 is 0. The van der Waals surface area contributed by atoms with Crippen LogP contribution in [0.4, 0.5) is 0 Å². The van der Waals surface area contributed by atoms with E-state index in [9.17, 15) is 0 Å². The zero-order chi connectivity index (χ0) is 10.7. The average Bonchev–Trinajstić information content (AvgIpc) is 2.65. The SMILES string of the molecule is CC(C)CCCC1NCCc2ccoc21. The first kappa shape index (κ1) is 10.7. The van der Waals surface area contributed by atoms with E-state index in [2.05, 4.69) is 25.2 Å². The van der Waals surface area contributed by atoms with E-state index in [-0.39, 0.29) is 0 Å². The van der Waals surface area contributed by atoms with Crippen LogP contribution in [0.15, 0.2) is 16.7 Å². The molecule has 1 N–H and O–H groups in total. The summed E-state index contributed by atoms with van der Waals surface area (Å²) in [6, 6.07) is 2.58. The third-order valence-corrected chi connectivity index (χ3v) is 3.16. The predicted octanol–water partition coefficient (Wildman–Crippen LogP) is 3.29. The van der Waals surface area contributed by atoms with Gasteiger partial charge in [-0.15, -0.1) is 0 Å².